The Morgan fingerprint density at radius 2 is 0.667 bits per heavy atom. The molecule has 0 aromatic heterocycles. The van der Waals surface area contributed by atoms with Crippen molar-refractivity contribution in [2.24, 2.45) is 0 Å². The van der Waals surface area contributed by atoms with Crippen LogP contribution in [0.4, 0.5) is 0 Å². The maximum absolute atomic E-state index is 12.9. The van der Waals surface area contributed by atoms with Gasteiger partial charge in [0.15, 0.2) is 12.4 Å². The van der Waals surface area contributed by atoms with Gasteiger partial charge < -0.3 is 33.3 Å². The summed E-state index contributed by atoms with van der Waals surface area (Å²) in [5.41, 5.74) is 0. The van der Waals surface area contributed by atoms with E-state index in [1.807, 2.05) is 21.1 Å². The van der Waals surface area contributed by atoms with Crippen molar-refractivity contribution >= 4 is 17.9 Å². The lowest BCUT2D eigenvalue weighted by molar-refractivity contribution is -0.870. The predicted molar refractivity (Wildman–Crippen MR) is 343 cm³/mol. The van der Waals surface area contributed by atoms with Crippen LogP contribution in [0, 0.1) is 0 Å². The van der Waals surface area contributed by atoms with Crippen LogP contribution in [-0.2, 0) is 33.3 Å². The van der Waals surface area contributed by atoms with Gasteiger partial charge in [0.25, 0.3) is 0 Å². The van der Waals surface area contributed by atoms with Gasteiger partial charge in [0.05, 0.1) is 40.3 Å². The van der Waals surface area contributed by atoms with Crippen molar-refractivity contribution in [3.63, 3.8) is 0 Å². The Hall–Kier alpha value is -2.49. The molecule has 0 aromatic carbocycles. The Morgan fingerprint density at radius 1 is 0.370 bits per heavy atom. The van der Waals surface area contributed by atoms with Gasteiger partial charge in [0.1, 0.15) is 13.2 Å². The van der Waals surface area contributed by atoms with E-state index in [0.717, 1.165) is 57.8 Å². The quantitative estimate of drug-likeness (QED) is 0.0195. The van der Waals surface area contributed by atoms with E-state index in [0.29, 0.717) is 23.9 Å². The topological polar surface area (TPSA) is 111 Å². The van der Waals surface area contributed by atoms with Crippen molar-refractivity contribution < 1.29 is 42.9 Å². The lowest BCUT2D eigenvalue weighted by Gasteiger charge is -2.26. The highest BCUT2D eigenvalue weighted by Gasteiger charge is 2.22. The summed E-state index contributed by atoms with van der Waals surface area (Å²) in [5, 5.41) is 11.8. The van der Waals surface area contributed by atoms with Crippen LogP contribution in [-0.4, -0.2) is 82.3 Å². The molecule has 0 fully saturated rings. The molecule has 476 valence electrons. The fourth-order valence-corrected chi connectivity index (χ4v) is 10.5. The molecule has 0 spiro atoms. The number of aliphatic carboxylic acids is 1. The van der Waals surface area contributed by atoms with Crippen molar-refractivity contribution in [3.8, 4) is 0 Å². The van der Waals surface area contributed by atoms with Gasteiger partial charge in [-0.3, -0.25) is 9.59 Å². The van der Waals surface area contributed by atoms with Crippen molar-refractivity contribution in [1.82, 2.24) is 0 Å². The molecule has 0 aliphatic rings. The van der Waals surface area contributed by atoms with Crippen LogP contribution in [0.15, 0.2) is 36.5 Å². The molecule has 0 saturated heterocycles. The smallest absolute Gasteiger partial charge is 0.306 e. The van der Waals surface area contributed by atoms with E-state index in [1.165, 1.54) is 257 Å². The minimum atomic E-state index is -1.62. The van der Waals surface area contributed by atoms with Crippen LogP contribution in [0.5, 0.6) is 0 Å². The number of carboxylic acids is 1. The minimum absolute atomic E-state index is 0.147. The van der Waals surface area contributed by atoms with Crippen molar-refractivity contribution in [3.05, 3.63) is 36.5 Å². The van der Waals surface area contributed by atoms with E-state index in [9.17, 15) is 19.5 Å². The first kappa shape index (κ1) is 78.5. The lowest BCUT2D eigenvalue weighted by Crippen LogP contribution is -2.44. The summed E-state index contributed by atoms with van der Waals surface area (Å²) in [7, 11) is 5.94. The zero-order valence-electron chi connectivity index (χ0n) is 54.4. The third-order valence-corrected chi connectivity index (χ3v) is 15.9. The Bertz CT molecular complexity index is 1420. The third-order valence-electron chi connectivity index (χ3n) is 15.9. The van der Waals surface area contributed by atoms with Gasteiger partial charge in [-0.15, -0.1) is 0 Å². The van der Waals surface area contributed by atoms with E-state index < -0.39 is 24.3 Å². The molecular weight excluding hydrogens is 1010 g/mol. The van der Waals surface area contributed by atoms with Gasteiger partial charge in [-0.1, -0.05) is 320 Å². The van der Waals surface area contributed by atoms with Gasteiger partial charge in [-0.2, -0.15) is 0 Å². The molecule has 0 aromatic rings. The number of ether oxygens (including phenoxy) is 4. The van der Waals surface area contributed by atoms with Crippen LogP contribution < -0.4 is 5.11 Å². The number of hydrogen-bond donors (Lipinski definition) is 0. The summed E-state index contributed by atoms with van der Waals surface area (Å²) in [4.78, 5) is 37.5. The summed E-state index contributed by atoms with van der Waals surface area (Å²) < 4.78 is 22.8. The maximum atomic E-state index is 12.9. The monoisotopic (exact) mass is 1140 g/mol. The van der Waals surface area contributed by atoms with E-state index >= 15 is 0 Å². The first-order valence-electron chi connectivity index (χ1n) is 35.1. The predicted octanol–water partition coefficient (Wildman–Crippen LogP) is 20.3. The lowest BCUT2D eigenvalue weighted by atomic mass is 10.0. The van der Waals surface area contributed by atoms with Crippen LogP contribution in [0.3, 0.4) is 0 Å². The number of carbonyl (C=O) groups is 3. The SMILES string of the molecule is CCCCCCC/C=C\C/C=C\C/C=C\CCCCCCCCCCC(=O)OC(COC(=O)CCCCCCCCCCCCCCCCCCCCCCCCCCCCCCCCCCC)COC(OCC[N+](C)(C)C)C(=O)[O-]. The fourth-order valence-electron chi connectivity index (χ4n) is 10.5. The molecule has 0 amide bonds. The Balaban J connectivity index is 4.05. The van der Waals surface area contributed by atoms with Gasteiger partial charge in [0, 0.05) is 12.8 Å². The largest absolute Gasteiger partial charge is 0.545 e. The molecule has 0 heterocycles. The highest BCUT2D eigenvalue weighted by atomic mass is 16.7. The summed E-state index contributed by atoms with van der Waals surface area (Å²) in [6, 6.07) is 0. The number of likely N-dealkylation sites (N-methyl/N-ethyl adjacent to an activating group) is 1. The van der Waals surface area contributed by atoms with Crippen molar-refractivity contribution in [1.29, 1.82) is 0 Å². The van der Waals surface area contributed by atoms with Gasteiger partial charge in [-0.25, -0.2) is 0 Å². The molecule has 0 aliphatic heterocycles. The molecule has 9 nitrogen and oxygen atoms in total. The van der Waals surface area contributed by atoms with Gasteiger partial charge >= 0.3 is 11.9 Å². The third kappa shape index (κ3) is 64.9. The van der Waals surface area contributed by atoms with Crippen molar-refractivity contribution in [2.75, 3.05) is 47.5 Å². The number of quaternary nitrogens is 1. The summed E-state index contributed by atoms with van der Waals surface area (Å²) in [5.74, 6) is -2.27. The standard InChI is InChI=1S/C72H135NO8/c1-6-8-10-12-14-16-18-20-22-24-26-28-30-31-32-33-34-35-36-37-38-39-41-42-44-46-48-50-52-54-56-58-60-62-69(74)79-66-68(67-80-72(71(76)77)78-65-64-73(3,4)5)81-70(75)63-61-59-57-55-53-51-49-47-45-43-40-29-27-25-23-21-19-17-15-13-11-9-7-2/h19,21,25,27,40,43,68,72H,6-18,20,22-24,26,28-39,41-42,44-67H2,1-5H3/b21-19-,27-25-,43-40-. The number of allylic oxidation sites excluding steroid dienone is 6. The van der Waals surface area contributed by atoms with E-state index in [1.54, 1.807) is 0 Å². The molecule has 2 atom stereocenters. The number of unbranched alkanes of at least 4 members (excludes halogenated alkanes) is 45. The first-order valence-corrected chi connectivity index (χ1v) is 35.1. The number of carboxylic acid groups (broad SMARTS) is 1. The molecule has 0 bridgehead atoms. The first-order chi connectivity index (χ1) is 39.6. The number of hydrogen-bond acceptors (Lipinski definition) is 8. The summed E-state index contributed by atoms with van der Waals surface area (Å²) >= 11 is 0. The molecular formula is C72H135NO8. The average molecular weight is 1140 g/mol. The molecule has 9 heteroatoms. The molecule has 0 saturated carbocycles. The van der Waals surface area contributed by atoms with Crippen LogP contribution in [0.25, 0.3) is 0 Å². The summed E-state index contributed by atoms with van der Waals surface area (Å²) in [6.45, 7) is 4.79. The Morgan fingerprint density at radius 3 is 0.988 bits per heavy atom. The van der Waals surface area contributed by atoms with Gasteiger partial charge in [0.2, 0.25) is 0 Å². The number of esters is 2. The zero-order chi connectivity index (χ0) is 59.1. The fraction of sp³-hybridized carbons (Fsp3) is 0.875. The van der Waals surface area contributed by atoms with Crippen molar-refractivity contribution in [2.45, 2.75) is 360 Å². The number of rotatable bonds is 66. The summed E-state index contributed by atoms with van der Waals surface area (Å²) in [6.07, 6.45) is 76.7. The normalized spacial score (nSPS) is 12.9. The Labute approximate surface area is 502 Å². The molecule has 0 N–H and O–H groups in total. The molecule has 2 unspecified atom stereocenters. The van der Waals surface area contributed by atoms with Crippen LogP contribution in [0.2, 0.25) is 0 Å². The second kappa shape index (κ2) is 63.5. The molecule has 0 rings (SSSR count). The Kier molecular flexibility index (Phi) is 61.6. The average Bonchev–Trinajstić information content (AvgIpc) is 3.44. The second-order valence-electron chi connectivity index (χ2n) is 25.2. The van der Waals surface area contributed by atoms with Crippen LogP contribution >= 0.6 is 0 Å². The molecule has 0 radical (unpaired) electrons. The van der Waals surface area contributed by atoms with Crippen LogP contribution in [0.1, 0.15) is 348 Å². The molecule has 0 aliphatic carbocycles. The minimum Gasteiger partial charge on any atom is -0.545 e. The van der Waals surface area contributed by atoms with E-state index in [-0.39, 0.29) is 32.2 Å². The maximum Gasteiger partial charge on any atom is 0.306 e. The van der Waals surface area contributed by atoms with E-state index in [4.69, 9.17) is 18.9 Å². The highest BCUT2D eigenvalue weighted by molar-refractivity contribution is 5.70. The zero-order valence-corrected chi connectivity index (χ0v) is 54.4. The number of carbonyl (C=O) groups excluding carboxylic acids is 3. The van der Waals surface area contributed by atoms with E-state index in [2.05, 4.69) is 50.3 Å². The highest BCUT2D eigenvalue weighted by Crippen LogP contribution is 2.19. The molecule has 81 heavy (non-hydrogen) atoms. The van der Waals surface area contributed by atoms with Gasteiger partial charge in [-0.05, 0) is 51.4 Å². The second-order valence-corrected chi connectivity index (χ2v) is 25.2. The number of nitrogens with zero attached hydrogens (tertiary/aromatic N) is 1.